The quantitative estimate of drug-likeness (QED) is 0.916. The maximum absolute atomic E-state index is 12.2. The summed E-state index contributed by atoms with van der Waals surface area (Å²) in [6.45, 7) is 6.33. The summed E-state index contributed by atoms with van der Waals surface area (Å²) in [4.78, 5) is 23.8. The lowest BCUT2D eigenvalue weighted by atomic mass is 9.86. The number of carboxylic acid groups (broad SMARTS) is 1. The Hall–Kier alpha value is -2.14. The van der Waals surface area contributed by atoms with E-state index in [0.29, 0.717) is 4.88 Å². The van der Waals surface area contributed by atoms with Crippen LogP contribution in [0.15, 0.2) is 41.8 Å². The van der Waals surface area contributed by atoms with Crippen LogP contribution >= 0.6 is 11.3 Å². The zero-order chi connectivity index (χ0) is 17.0. The number of carboxylic acids is 1. The molecule has 5 heteroatoms. The highest BCUT2D eigenvalue weighted by Crippen LogP contribution is 2.25. The van der Waals surface area contributed by atoms with Crippen molar-refractivity contribution in [2.45, 2.75) is 38.6 Å². The van der Waals surface area contributed by atoms with Gasteiger partial charge in [-0.25, -0.2) is 0 Å². The number of thiophene rings is 1. The average molecular weight is 330 g/mol. The maximum atomic E-state index is 12.2. The van der Waals surface area contributed by atoms with Crippen LogP contribution in [0.4, 0.5) is 0 Å². The molecule has 1 unspecified atom stereocenters. The lowest BCUT2D eigenvalue weighted by molar-refractivity contribution is -0.306. The van der Waals surface area contributed by atoms with Crippen molar-refractivity contribution < 1.29 is 14.7 Å². The second-order valence-electron chi connectivity index (χ2n) is 6.45. The van der Waals surface area contributed by atoms with Gasteiger partial charge in [0, 0.05) is 12.4 Å². The third-order valence-electron chi connectivity index (χ3n) is 3.60. The molecule has 2 rings (SSSR count). The maximum Gasteiger partial charge on any atom is 0.261 e. The third kappa shape index (κ3) is 4.66. The van der Waals surface area contributed by atoms with E-state index in [9.17, 15) is 14.7 Å². The van der Waals surface area contributed by atoms with Gasteiger partial charge in [-0.1, -0.05) is 51.1 Å². The van der Waals surface area contributed by atoms with Crippen molar-refractivity contribution in [1.82, 2.24) is 5.32 Å². The van der Waals surface area contributed by atoms with Crippen molar-refractivity contribution in [2.24, 2.45) is 0 Å². The molecule has 0 fully saturated rings. The van der Waals surface area contributed by atoms with Crippen LogP contribution in [0, 0.1) is 0 Å². The minimum absolute atomic E-state index is 0.0165. The van der Waals surface area contributed by atoms with Crippen molar-refractivity contribution in [3.8, 4) is 0 Å². The summed E-state index contributed by atoms with van der Waals surface area (Å²) in [5, 5.41) is 15.6. The van der Waals surface area contributed by atoms with E-state index in [1.165, 1.54) is 11.3 Å². The largest absolute Gasteiger partial charge is 0.550 e. The molecule has 0 aliphatic heterocycles. The van der Waals surface area contributed by atoms with Crippen molar-refractivity contribution in [1.29, 1.82) is 0 Å². The van der Waals surface area contributed by atoms with Crippen molar-refractivity contribution in [2.75, 3.05) is 0 Å². The first-order chi connectivity index (χ1) is 10.8. The molecule has 1 aromatic carbocycles. The molecule has 1 atom stereocenters. The zero-order valence-corrected chi connectivity index (χ0v) is 14.3. The molecule has 122 valence electrons. The SMILES string of the molecule is CC(C)(C)c1ccc(C(CC(=O)[O-])NC(=O)c2cccs2)cc1. The van der Waals surface area contributed by atoms with Crippen LogP contribution in [0.5, 0.6) is 0 Å². The molecule has 0 radical (unpaired) electrons. The summed E-state index contributed by atoms with van der Waals surface area (Å²) in [5.41, 5.74) is 1.92. The zero-order valence-electron chi connectivity index (χ0n) is 13.5. The Morgan fingerprint density at radius 2 is 1.83 bits per heavy atom. The van der Waals surface area contributed by atoms with E-state index in [0.717, 1.165) is 11.1 Å². The molecule has 1 heterocycles. The Balaban J connectivity index is 2.21. The number of benzene rings is 1. The van der Waals surface area contributed by atoms with Gasteiger partial charge >= 0.3 is 0 Å². The van der Waals surface area contributed by atoms with Gasteiger partial charge in [0.1, 0.15) is 0 Å². The fraction of sp³-hybridized carbons (Fsp3) is 0.333. The minimum Gasteiger partial charge on any atom is -0.550 e. The Morgan fingerprint density at radius 1 is 1.17 bits per heavy atom. The highest BCUT2D eigenvalue weighted by atomic mass is 32.1. The number of hydrogen-bond donors (Lipinski definition) is 1. The summed E-state index contributed by atoms with van der Waals surface area (Å²) in [6.07, 6.45) is -0.258. The Bertz CT molecular complexity index is 669. The van der Waals surface area contributed by atoms with E-state index < -0.39 is 12.0 Å². The van der Waals surface area contributed by atoms with Crippen LogP contribution in [0.2, 0.25) is 0 Å². The predicted molar refractivity (Wildman–Crippen MR) is 89.3 cm³/mol. The molecule has 0 aliphatic rings. The van der Waals surface area contributed by atoms with Crippen LogP contribution in [0.1, 0.15) is 54.0 Å². The number of aliphatic carboxylic acids is 1. The van der Waals surface area contributed by atoms with E-state index in [1.54, 1.807) is 17.5 Å². The van der Waals surface area contributed by atoms with Gasteiger partial charge in [0.2, 0.25) is 0 Å². The van der Waals surface area contributed by atoms with Crippen LogP contribution < -0.4 is 10.4 Å². The molecule has 4 nitrogen and oxygen atoms in total. The fourth-order valence-electron chi connectivity index (χ4n) is 2.27. The summed E-state index contributed by atoms with van der Waals surface area (Å²) < 4.78 is 0. The smallest absolute Gasteiger partial charge is 0.261 e. The van der Waals surface area contributed by atoms with E-state index in [1.807, 2.05) is 24.3 Å². The lowest BCUT2D eigenvalue weighted by Crippen LogP contribution is -2.34. The highest BCUT2D eigenvalue weighted by Gasteiger charge is 2.18. The number of carbonyl (C=O) groups excluding carboxylic acids is 2. The normalized spacial score (nSPS) is 12.7. The van der Waals surface area contributed by atoms with Crippen LogP contribution in [0.3, 0.4) is 0 Å². The summed E-state index contributed by atoms with van der Waals surface area (Å²) >= 11 is 1.32. The van der Waals surface area contributed by atoms with Crippen LogP contribution in [0.25, 0.3) is 0 Å². The first-order valence-corrected chi connectivity index (χ1v) is 8.30. The molecular weight excluding hydrogens is 310 g/mol. The lowest BCUT2D eigenvalue weighted by Gasteiger charge is -2.22. The number of carbonyl (C=O) groups is 2. The molecule has 1 amide bonds. The summed E-state index contributed by atoms with van der Waals surface area (Å²) in [7, 11) is 0. The Morgan fingerprint density at radius 3 is 2.30 bits per heavy atom. The molecule has 2 aromatic rings. The van der Waals surface area contributed by atoms with E-state index in [-0.39, 0.29) is 17.7 Å². The van der Waals surface area contributed by atoms with E-state index in [4.69, 9.17) is 0 Å². The molecule has 23 heavy (non-hydrogen) atoms. The second kappa shape index (κ2) is 6.96. The van der Waals surface area contributed by atoms with Crippen LogP contribution in [-0.4, -0.2) is 11.9 Å². The first-order valence-electron chi connectivity index (χ1n) is 7.42. The Kier molecular flexibility index (Phi) is 5.21. The van der Waals surface area contributed by atoms with Crippen molar-refractivity contribution in [3.63, 3.8) is 0 Å². The van der Waals surface area contributed by atoms with Gasteiger partial charge in [0.25, 0.3) is 5.91 Å². The van der Waals surface area contributed by atoms with Crippen LogP contribution in [-0.2, 0) is 10.2 Å². The first kappa shape index (κ1) is 17.2. The van der Waals surface area contributed by atoms with E-state index in [2.05, 4.69) is 26.1 Å². The second-order valence-corrected chi connectivity index (χ2v) is 7.40. The molecule has 0 saturated carbocycles. The van der Waals surface area contributed by atoms with E-state index >= 15 is 0 Å². The van der Waals surface area contributed by atoms with Gasteiger partial charge in [-0.15, -0.1) is 11.3 Å². The number of nitrogens with one attached hydrogen (secondary N) is 1. The minimum atomic E-state index is -1.19. The molecule has 1 aromatic heterocycles. The molecule has 0 spiro atoms. The number of hydrogen-bond acceptors (Lipinski definition) is 4. The third-order valence-corrected chi connectivity index (χ3v) is 4.47. The molecule has 0 aliphatic carbocycles. The Labute approximate surface area is 140 Å². The number of rotatable bonds is 5. The number of amides is 1. The van der Waals surface area contributed by atoms with Gasteiger partial charge in [-0.2, -0.15) is 0 Å². The topological polar surface area (TPSA) is 69.2 Å². The average Bonchev–Trinajstić information content (AvgIpc) is 2.99. The molecular formula is C18H20NO3S-. The molecule has 1 N–H and O–H groups in total. The molecule has 0 saturated heterocycles. The van der Waals surface area contributed by atoms with Gasteiger partial charge < -0.3 is 15.2 Å². The predicted octanol–water partition coefficient (Wildman–Crippen LogP) is 2.66. The monoisotopic (exact) mass is 330 g/mol. The van der Waals surface area contributed by atoms with Gasteiger partial charge in [-0.05, 0) is 28.0 Å². The van der Waals surface area contributed by atoms with Gasteiger partial charge in [0.15, 0.2) is 0 Å². The molecule has 0 bridgehead atoms. The van der Waals surface area contributed by atoms with Gasteiger partial charge in [-0.3, -0.25) is 4.79 Å². The standard InChI is InChI=1S/C18H21NO3S/c1-18(2,3)13-8-6-12(7-9-13)14(11-16(20)21)19-17(22)15-5-4-10-23-15/h4-10,14H,11H2,1-3H3,(H,19,22)(H,20,21)/p-1. The summed E-state index contributed by atoms with van der Waals surface area (Å²) in [6, 6.07) is 10.5. The highest BCUT2D eigenvalue weighted by molar-refractivity contribution is 7.12. The van der Waals surface area contributed by atoms with Crippen molar-refractivity contribution in [3.05, 3.63) is 57.8 Å². The fourth-order valence-corrected chi connectivity index (χ4v) is 2.90. The summed E-state index contributed by atoms with van der Waals surface area (Å²) in [5.74, 6) is -1.47. The van der Waals surface area contributed by atoms with Crippen molar-refractivity contribution >= 4 is 23.2 Å². The van der Waals surface area contributed by atoms with Gasteiger partial charge in [0.05, 0.1) is 10.9 Å².